The highest BCUT2D eigenvalue weighted by Crippen LogP contribution is 2.33. The fourth-order valence-corrected chi connectivity index (χ4v) is 3.12. The lowest BCUT2D eigenvalue weighted by Gasteiger charge is -2.06. The Morgan fingerprint density at radius 2 is 1.79 bits per heavy atom. The molecule has 3 rings (SSSR count). The van der Waals surface area contributed by atoms with Crippen LogP contribution in [-0.4, -0.2) is 30.1 Å². The van der Waals surface area contributed by atoms with Crippen LogP contribution in [0.3, 0.4) is 0 Å². The van der Waals surface area contributed by atoms with Gasteiger partial charge in [-0.05, 0) is 59.8 Å². The minimum absolute atomic E-state index is 0.114. The highest BCUT2D eigenvalue weighted by atomic mass is 32.2. The summed E-state index contributed by atoms with van der Waals surface area (Å²) in [4.78, 5) is 18.8. The van der Waals surface area contributed by atoms with E-state index in [1.807, 2.05) is 30.3 Å². The van der Waals surface area contributed by atoms with Crippen LogP contribution in [0.25, 0.3) is 6.08 Å². The van der Waals surface area contributed by atoms with E-state index in [-0.39, 0.29) is 11.7 Å². The number of benzene rings is 2. The largest absolute Gasteiger partial charge is 0.497 e. The van der Waals surface area contributed by atoms with E-state index >= 15 is 0 Å². The maximum atomic E-state index is 13.0. The predicted octanol–water partition coefficient (Wildman–Crippen LogP) is 4.07. The Morgan fingerprint density at radius 1 is 1.12 bits per heavy atom. The fraction of sp³-hybridized carbons (Fsp3) is 0.111. The van der Waals surface area contributed by atoms with Gasteiger partial charge in [0.25, 0.3) is 5.91 Å². The molecule has 0 radical (unpaired) electrons. The van der Waals surface area contributed by atoms with E-state index in [4.69, 9.17) is 4.74 Å². The molecule has 0 bridgehead atoms. The lowest BCUT2D eigenvalue weighted by Crippen LogP contribution is -2.23. The van der Waals surface area contributed by atoms with Crippen LogP contribution >= 0.6 is 11.8 Å². The van der Waals surface area contributed by atoms with E-state index in [0.717, 1.165) is 11.3 Å². The molecule has 2 aromatic carbocycles. The highest BCUT2D eigenvalue weighted by molar-refractivity contribution is 8.18. The first-order valence-electron chi connectivity index (χ1n) is 7.23. The number of hydrogen-bond donors (Lipinski definition) is 0. The molecule has 6 heteroatoms. The van der Waals surface area contributed by atoms with Crippen molar-refractivity contribution in [2.45, 2.75) is 0 Å². The number of ether oxygens (including phenoxy) is 1. The third-order valence-corrected chi connectivity index (χ3v) is 4.53. The van der Waals surface area contributed by atoms with Crippen LogP contribution in [-0.2, 0) is 4.79 Å². The van der Waals surface area contributed by atoms with Crippen molar-refractivity contribution in [3.05, 3.63) is 64.8 Å². The van der Waals surface area contributed by atoms with Gasteiger partial charge in [-0.15, -0.1) is 0 Å². The summed E-state index contributed by atoms with van der Waals surface area (Å²) in [5.41, 5.74) is 1.51. The summed E-state index contributed by atoms with van der Waals surface area (Å²) >= 11 is 1.29. The molecule has 1 aliphatic rings. The van der Waals surface area contributed by atoms with Crippen molar-refractivity contribution >= 4 is 34.6 Å². The third-order valence-electron chi connectivity index (χ3n) is 3.47. The summed E-state index contributed by atoms with van der Waals surface area (Å²) in [5.74, 6) is 0.331. The molecule has 0 spiro atoms. The molecule has 1 fully saturated rings. The van der Waals surface area contributed by atoms with Gasteiger partial charge in [-0.25, -0.2) is 9.38 Å². The van der Waals surface area contributed by atoms with Crippen LogP contribution in [0.5, 0.6) is 5.75 Å². The third kappa shape index (κ3) is 3.49. The zero-order chi connectivity index (χ0) is 17.1. The first-order valence-corrected chi connectivity index (χ1v) is 8.04. The number of hydrogen-bond acceptors (Lipinski definition) is 4. The van der Waals surface area contributed by atoms with Gasteiger partial charge < -0.3 is 4.74 Å². The number of likely N-dealkylation sites (N-methyl/N-ethyl adjacent to an activating group) is 1. The first kappa shape index (κ1) is 16.3. The number of carbonyl (C=O) groups is 1. The monoisotopic (exact) mass is 342 g/mol. The van der Waals surface area contributed by atoms with Gasteiger partial charge in [0.05, 0.1) is 17.7 Å². The minimum Gasteiger partial charge on any atom is -0.497 e. The lowest BCUT2D eigenvalue weighted by atomic mass is 10.2. The summed E-state index contributed by atoms with van der Waals surface area (Å²) in [6.45, 7) is 0. The van der Waals surface area contributed by atoms with Crippen LogP contribution in [0.4, 0.5) is 10.1 Å². The van der Waals surface area contributed by atoms with Gasteiger partial charge in [0, 0.05) is 7.05 Å². The van der Waals surface area contributed by atoms with Gasteiger partial charge in [-0.3, -0.25) is 9.69 Å². The second-order valence-electron chi connectivity index (χ2n) is 5.12. The number of amides is 1. The Hall–Kier alpha value is -2.60. The number of rotatable bonds is 3. The number of halogens is 1. The first-order chi connectivity index (χ1) is 11.6. The van der Waals surface area contributed by atoms with Gasteiger partial charge in [-0.2, -0.15) is 0 Å². The summed E-state index contributed by atoms with van der Waals surface area (Å²) in [5, 5.41) is 0.561. The van der Waals surface area contributed by atoms with E-state index < -0.39 is 0 Å². The van der Waals surface area contributed by atoms with Crippen molar-refractivity contribution in [3.8, 4) is 5.75 Å². The average Bonchev–Trinajstić information content (AvgIpc) is 2.86. The summed E-state index contributed by atoms with van der Waals surface area (Å²) in [7, 11) is 3.28. The smallest absolute Gasteiger partial charge is 0.266 e. The van der Waals surface area contributed by atoms with Crippen LogP contribution in [0.2, 0.25) is 0 Å². The molecule has 24 heavy (non-hydrogen) atoms. The number of carbonyl (C=O) groups excluding carboxylic acids is 1. The fourth-order valence-electron chi connectivity index (χ4n) is 2.13. The second-order valence-corrected chi connectivity index (χ2v) is 6.13. The van der Waals surface area contributed by atoms with Gasteiger partial charge in [0.1, 0.15) is 11.6 Å². The van der Waals surface area contributed by atoms with Gasteiger partial charge in [0.2, 0.25) is 0 Å². The average molecular weight is 342 g/mol. The van der Waals surface area contributed by atoms with Crippen molar-refractivity contribution in [1.29, 1.82) is 0 Å². The zero-order valence-electron chi connectivity index (χ0n) is 13.2. The Morgan fingerprint density at radius 3 is 2.42 bits per heavy atom. The second kappa shape index (κ2) is 6.88. The molecule has 1 heterocycles. The number of aliphatic imine (C=N–C) groups is 1. The minimum atomic E-state index is -0.317. The van der Waals surface area contributed by atoms with Crippen molar-refractivity contribution < 1.29 is 13.9 Å². The predicted molar refractivity (Wildman–Crippen MR) is 94.8 cm³/mol. The molecule has 0 N–H and O–H groups in total. The van der Waals surface area contributed by atoms with Crippen LogP contribution in [0.15, 0.2) is 58.4 Å². The Kier molecular flexibility index (Phi) is 4.66. The normalized spacial score (nSPS) is 17.8. The van der Waals surface area contributed by atoms with Crippen molar-refractivity contribution in [1.82, 2.24) is 4.90 Å². The summed E-state index contributed by atoms with van der Waals surface area (Å²) in [6, 6.07) is 13.3. The summed E-state index contributed by atoms with van der Waals surface area (Å²) in [6.07, 6.45) is 1.82. The molecule has 0 saturated carbocycles. The van der Waals surface area contributed by atoms with Crippen LogP contribution in [0.1, 0.15) is 5.56 Å². The molecule has 1 amide bonds. The van der Waals surface area contributed by atoms with E-state index in [1.54, 1.807) is 26.3 Å². The Balaban J connectivity index is 1.85. The number of methoxy groups -OCH3 is 1. The highest BCUT2D eigenvalue weighted by Gasteiger charge is 2.30. The molecule has 1 saturated heterocycles. The van der Waals surface area contributed by atoms with Gasteiger partial charge in [-0.1, -0.05) is 12.1 Å². The standard InChI is InChI=1S/C18H15FN2O2S/c1-21-17(22)16(11-12-3-9-15(23-2)10-4-12)24-18(21)20-14-7-5-13(19)6-8-14/h3-11H,1-2H3/b16-11+,20-18?. The molecule has 0 atom stereocenters. The Bertz CT molecular complexity index is 814. The van der Waals surface area contributed by atoms with E-state index in [1.165, 1.54) is 28.8 Å². The lowest BCUT2D eigenvalue weighted by molar-refractivity contribution is -0.121. The van der Waals surface area contributed by atoms with Crippen molar-refractivity contribution in [3.63, 3.8) is 0 Å². The molecule has 4 nitrogen and oxygen atoms in total. The molecular weight excluding hydrogens is 327 g/mol. The van der Waals surface area contributed by atoms with Crippen LogP contribution < -0.4 is 4.74 Å². The van der Waals surface area contributed by atoms with Gasteiger partial charge in [0.15, 0.2) is 5.17 Å². The zero-order valence-corrected chi connectivity index (χ0v) is 14.0. The maximum Gasteiger partial charge on any atom is 0.266 e. The molecule has 0 aromatic heterocycles. The molecule has 0 unspecified atom stereocenters. The molecule has 0 aliphatic carbocycles. The molecule has 2 aromatic rings. The quantitative estimate of drug-likeness (QED) is 0.790. The van der Waals surface area contributed by atoms with E-state index in [9.17, 15) is 9.18 Å². The van der Waals surface area contributed by atoms with Gasteiger partial charge >= 0.3 is 0 Å². The topological polar surface area (TPSA) is 41.9 Å². The molecule has 122 valence electrons. The van der Waals surface area contributed by atoms with E-state index in [0.29, 0.717) is 15.8 Å². The van der Waals surface area contributed by atoms with E-state index in [2.05, 4.69) is 4.99 Å². The molecular formula is C18H15FN2O2S. The summed E-state index contributed by atoms with van der Waals surface area (Å²) < 4.78 is 18.1. The van der Waals surface area contributed by atoms with Crippen molar-refractivity contribution in [2.24, 2.45) is 4.99 Å². The SMILES string of the molecule is COc1ccc(/C=C2/SC(=Nc3ccc(F)cc3)N(C)C2=O)cc1. The molecule has 1 aliphatic heterocycles. The maximum absolute atomic E-state index is 13.0. The number of amidine groups is 1. The van der Waals surface area contributed by atoms with Crippen molar-refractivity contribution in [2.75, 3.05) is 14.2 Å². The number of thioether (sulfide) groups is 1. The van der Waals surface area contributed by atoms with Crippen LogP contribution in [0, 0.1) is 5.82 Å². The number of nitrogens with zero attached hydrogens (tertiary/aromatic N) is 2. The Labute approximate surface area is 143 Å².